The molecule has 0 aliphatic rings. The maximum absolute atomic E-state index is 12.5. The summed E-state index contributed by atoms with van der Waals surface area (Å²) in [5, 5.41) is 6.34. The monoisotopic (exact) mass is 333 g/mol. The lowest BCUT2D eigenvalue weighted by atomic mass is 10.2. The molecule has 2 heterocycles. The molecule has 0 atom stereocenters. The van der Waals surface area contributed by atoms with E-state index in [0.717, 1.165) is 35.1 Å². The van der Waals surface area contributed by atoms with Gasteiger partial charge in [0.15, 0.2) is 5.69 Å². The lowest BCUT2D eigenvalue weighted by Gasteiger charge is -2.21. The number of hydrogen-bond donors (Lipinski definition) is 0. The first-order chi connectivity index (χ1) is 12.2. The Bertz CT molecular complexity index is 1070. The molecule has 0 spiro atoms. The number of anilines is 1. The molecule has 2 aromatic heterocycles. The van der Waals surface area contributed by atoms with Gasteiger partial charge in [-0.2, -0.15) is 5.10 Å². The predicted octanol–water partition coefficient (Wildman–Crippen LogP) is 3.98. The fourth-order valence-corrected chi connectivity index (χ4v) is 3.12. The quantitative estimate of drug-likeness (QED) is 0.530. The molecule has 0 amide bonds. The Hall–Kier alpha value is -3.08. The molecule has 0 aliphatic carbocycles. The molecular weight excluding hydrogens is 314 g/mol. The summed E-state index contributed by atoms with van der Waals surface area (Å²) in [5.41, 5.74) is 2.52. The molecule has 126 valence electrons. The molecule has 5 nitrogen and oxygen atoms in total. The maximum Gasteiger partial charge on any atom is 0.362 e. The zero-order valence-corrected chi connectivity index (χ0v) is 14.3. The summed E-state index contributed by atoms with van der Waals surface area (Å²) in [6, 6.07) is 15.6. The highest BCUT2D eigenvalue weighted by molar-refractivity contribution is 5.83. The van der Waals surface area contributed by atoms with Crippen LogP contribution in [-0.2, 0) is 0 Å². The number of nitrogens with zero attached hydrogens (tertiary/aromatic N) is 3. The van der Waals surface area contributed by atoms with Crippen LogP contribution >= 0.6 is 0 Å². The van der Waals surface area contributed by atoms with Crippen LogP contribution in [0.1, 0.15) is 13.8 Å². The van der Waals surface area contributed by atoms with E-state index in [2.05, 4.69) is 29.9 Å². The van der Waals surface area contributed by atoms with Gasteiger partial charge in [0.05, 0.1) is 5.52 Å². The van der Waals surface area contributed by atoms with Crippen molar-refractivity contribution in [2.24, 2.45) is 0 Å². The van der Waals surface area contributed by atoms with Crippen molar-refractivity contribution in [1.29, 1.82) is 0 Å². The van der Waals surface area contributed by atoms with Crippen molar-refractivity contribution in [2.75, 3.05) is 18.0 Å². The Morgan fingerprint density at radius 3 is 2.60 bits per heavy atom. The smallest absolute Gasteiger partial charge is 0.362 e. The summed E-state index contributed by atoms with van der Waals surface area (Å²) in [6.45, 7) is 6.03. The minimum Gasteiger partial charge on any atom is -0.421 e. The van der Waals surface area contributed by atoms with Gasteiger partial charge in [-0.3, -0.25) is 0 Å². The SMILES string of the molecule is CCN(CC)c1ccc2cc(-n3cc4ccccc4n3)c(=O)oc2c1. The third kappa shape index (κ3) is 2.67. The van der Waals surface area contributed by atoms with Crippen LogP contribution < -0.4 is 10.5 Å². The van der Waals surface area contributed by atoms with Gasteiger partial charge in [0, 0.05) is 41.8 Å². The van der Waals surface area contributed by atoms with Gasteiger partial charge in [-0.15, -0.1) is 0 Å². The normalized spacial score (nSPS) is 11.3. The minimum absolute atomic E-state index is 0.392. The van der Waals surface area contributed by atoms with E-state index in [1.807, 2.05) is 48.7 Å². The van der Waals surface area contributed by atoms with Gasteiger partial charge in [0.1, 0.15) is 5.58 Å². The topological polar surface area (TPSA) is 51.3 Å². The number of benzene rings is 2. The van der Waals surface area contributed by atoms with E-state index >= 15 is 0 Å². The van der Waals surface area contributed by atoms with E-state index in [0.29, 0.717) is 11.3 Å². The van der Waals surface area contributed by atoms with Crippen molar-refractivity contribution in [3.8, 4) is 5.69 Å². The van der Waals surface area contributed by atoms with Crippen LogP contribution in [0.25, 0.3) is 27.6 Å². The van der Waals surface area contributed by atoms with Gasteiger partial charge in [-0.25, -0.2) is 9.48 Å². The molecule has 0 saturated carbocycles. The summed E-state index contributed by atoms with van der Waals surface area (Å²) in [7, 11) is 0. The van der Waals surface area contributed by atoms with E-state index < -0.39 is 5.63 Å². The van der Waals surface area contributed by atoms with E-state index in [4.69, 9.17) is 4.42 Å². The Morgan fingerprint density at radius 2 is 1.84 bits per heavy atom. The Morgan fingerprint density at radius 1 is 1.04 bits per heavy atom. The average molecular weight is 333 g/mol. The van der Waals surface area contributed by atoms with Crippen molar-refractivity contribution < 1.29 is 4.42 Å². The first-order valence-electron chi connectivity index (χ1n) is 8.47. The van der Waals surface area contributed by atoms with Crippen LogP contribution in [0.4, 0.5) is 5.69 Å². The van der Waals surface area contributed by atoms with Crippen molar-refractivity contribution >= 4 is 27.6 Å². The maximum atomic E-state index is 12.5. The molecule has 0 radical (unpaired) electrons. The number of fused-ring (bicyclic) bond motifs is 2. The second-order valence-electron chi connectivity index (χ2n) is 5.95. The van der Waals surface area contributed by atoms with E-state index in [-0.39, 0.29) is 0 Å². The third-order valence-corrected chi connectivity index (χ3v) is 4.49. The van der Waals surface area contributed by atoms with Crippen LogP contribution in [0.15, 0.2) is 63.9 Å². The lowest BCUT2D eigenvalue weighted by molar-refractivity contribution is 0.552. The fourth-order valence-electron chi connectivity index (χ4n) is 3.12. The van der Waals surface area contributed by atoms with Gasteiger partial charge in [-0.05, 0) is 38.1 Å². The van der Waals surface area contributed by atoms with Crippen LogP contribution in [0.3, 0.4) is 0 Å². The van der Waals surface area contributed by atoms with Crippen molar-refractivity contribution in [1.82, 2.24) is 9.78 Å². The van der Waals surface area contributed by atoms with Crippen LogP contribution in [0, 0.1) is 0 Å². The van der Waals surface area contributed by atoms with Crippen LogP contribution in [0.2, 0.25) is 0 Å². The highest BCUT2D eigenvalue weighted by Crippen LogP contribution is 2.23. The zero-order chi connectivity index (χ0) is 17.4. The Labute approximate surface area is 145 Å². The fraction of sp³-hybridized carbons (Fsp3) is 0.200. The lowest BCUT2D eigenvalue weighted by Crippen LogP contribution is -2.21. The van der Waals surface area contributed by atoms with Crippen molar-refractivity contribution in [3.63, 3.8) is 0 Å². The van der Waals surface area contributed by atoms with Crippen LogP contribution in [0.5, 0.6) is 0 Å². The molecule has 5 heteroatoms. The zero-order valence-electron chi connectivity index (χ0n) is 14.3. The van der Waals surface area contributed by atoms with E-state index in [9.17, 15) is 4.79 Å². The first kappa shape index (κ1) is 15.4. The highest BCUT2D eigenvalue weighted by atomic mass is 16.4. The molecule has 0 N–H and O–H groups in total. The molecule has 25 heavy (non-hydrogen) atoms. The van der Waals surface area contributed by atoms with Crippen molar-refractivity contribution in [3.05, 3.63) is 65.1 Å². The number of aromatic nitrogens is 2. The second-order valence-corrected chi connectivity index (χ2v) is 5.95. The summed E-state index contributed by atoms with van der Waals surface area (Å²) in [5.74, 6) is 0. The second kappa shape index (κ2) is 6.09. The largest absolute Gasteiger partial charge is 0.421 e. The average Bonchev–Trinajstić information content (AvgIpc) is 3.06. The van der Waals surface area contributed by atoms with E-state index in [1.165, 1.54) is 0 Å². The molecule has 0 unspecified atom stereocenters. The summed E-state index contributed by atoms with van der Waals surface area (Å²) >= 11 is 0. The summed E-state index contributed by atoms with van der Waals surface area (Å²) in [4.78, 5) is 14.7. The van der Waals surface area contributed by atoms with Gasteiger partial charge in [0.25, 0.3) is 0 Å². The molecule has 0 fully saturated rings. The molecule has 4 aromatic rings. The number of rotatable bonds is 4. The molecule has 4 rings (SSSR count). The summed E-state index contributed by atoms with van der Waals surface area (Å²) in [6.07, 6.45) is 1.84. The van der Waals surface area contributed by atoms with Gasteiger partial charge < -0.3 is 9.32 Å². The Kier molecular flexibility index (Phi) is 3.76. The van der Waals surface area contributed by atoms with Gasteiger partial charge >= 0.3 is 5.63 Å². The van der Waals surface area contributed by atoms with Gasteiger partial charge in [0.2, 0.25) is 0 Å². The van der Waals surface area contributed by atoms with Gasteiger partial charge in [-0.1, -0.05) is 18.2 Å². The van der Waals surface area contributed by atoms with Crippen LogP contribution in [-0.4, -0.2) is 22.9 Å². The third-order valence-electron chi connectivity index (χ3n) is 4.49. The first-order valence-corrected chi connectivity index (χ1v) is 8.47. The Balaban J connectivity index is 1.84. The summed E-state index contributed by atoms with van der Waals surface area (Å²) < 4.78 is 7.17. The highest BCUT2D eigenvalue weighted by Gasteiger charge is 2.11. The molecule has 0 saturated heterocycles. The molecule has 0 aliphatic heterocycles. The standard InChI is InChI=1S/C20H19N3O2/c1-3-22(4-2)16-10-9-14-11-18(20(24)25-19(14)12-16)23-13-15-7-5-6-8-17(15)21-23/h5-13H,3-4H2,1-2H3. The molecule has 2 aromatic carbocycles. The predicted molar refractivity (Wildman–Crippen MR) is 101 cm³/mol. The molecule has 0 bridgehead atoms. The van der Waals surface area contributed by atoms with Crippen molar-refractivity contribution in [2.45, 2.75) is 13.8 Å². The van der Waals surface area contributed by atoms with E-state index in [1.54, 1.807) is 4.68 Å². The molecular formula is C20H19N3O2. The minimum atomic E-state index is -0.392. The number of hydrogen-bond acceptors (Lipinski definition) is 4.